The highest BCUT2D eigenvalue weighted by atomic mass is 35.5. The molecule has 1 aromatic carbocycles. The first kappa shape index (κ1) is 16.6. The van der Waals surface area contributed by atoms with Crippen LogP contribution in [0.5, 0.6) is 0 Å². The van der Waals surface area contributed by atoms with E-state index in [1.807, 2.05) is 10.8 Å². The number of halogens is 1. The quantitative estimate of drug-likeness (QED) is 0.641. The smallest absolute Gasteiger partial charge is 0.319 e. The normalized spacial score (nSPS) is 13.2. The Kier molecular flexibility index (Phi) is 4.89. The summed E-state index contributed by atoms with van der Waals surface area (Å²) in [6, 6.07) is 11.6. The number of benzene rings is 1. The first-order valence-corrected chi connectivity index (χ1v) is 8.50. The molecule has 0 saturated heterocycles. The molecule has 24 heavy (non-hydrogen) atoms. The molecule has 0 aliphatic rings. The van der Waals surface area contributed by atoms with Gasteiger partial charge in [0.2, 0.25) is 0 Å². The van der Waals surface area contributed by atoms with Crippen LogP contribution in [0.15, 0.2) is 63.9 Å². The largest absolute Gasteiger partial charge is 0.466 e. The standard InChI is InChI=1S/C17H15ClN2O3S/c18-13-4-1-2-5-14(13)20-16(21)19-11-17(22,12-7-9-24-10-12)15-6-3-8-23-15/h1-10,22H,11H2,(H2,19,20,21). The van der Waals surface area contributed by atoms with Crippen molar-refractivity contribution in [3.05, 3.63) is 75.8 Å². The van der Waals surface area contributed by atoms with Crippen LogP contribution in [0.1, 0.15) is 11.3 Å². The molecule has 5 nitrogen and oxygen atoms in total. The number of furan rings is 1. The first-order chi connectivity index (χ1) is 11.6. The van der Waals surface area contributed by atoms with Crippen molar-refractivity contribution in [1.82, 2.24) is 5.32 Å². The van der Waals surface area contributed by atoms with Gasteiger partial charge in [0, 0.05) is 5.56 Å². The lowest BCUT2D eigenvalue weighted by atomic mass is 9.93. The Balaban J connectivity index is 1.73. The molecule has 2 amide bonds. The molecule has 3 N–H and O–H groups in total. The average Bonchev–Trinajstić information content (AvgIpc) is 3.28. The molecule has 0 radical (unpaired) electrons. The minimum atomic E-state index is -1.44. The van der Waals surface area contributed by atoms with Crippen molar-refractivity contribution in [3.8, 4) is 0 Å². The van der Waals surface area contributed by atoms with E-state index in [0.717, 1.165) is 0 Å². The molecule has 2 aromatic heterocycles. The Labute approximate surface area is 147 Å². The number of nitrogens with one attached hydrogen (secondary N) is 2. The van der Waals surface area contributed by atoms with Crippen LogP contribution in [-0.4, -0.2) is 17.7 Å². The summed E-state index contributed by atoms with van der Waals surface area (Å²) in [5.41, 5.74) is -0.296. The van der Waals surface area contributed by atoms with Crippen LogP contribution < -0.4 is 10.6 Å². The highest BCUT2D eigenvalue weighted by Crippen LogP contribution is 2.31. The molecule has 0 spiro atoms. The zero-order chi connectivity index (χ0) is 17.0. The van der Waals surface area contributed by atoms with E-state index in [0.29, 0.717) is 22.0 Å². The van der Waals surface area contributed by atoms with Gasteiger partial charge in [0.25, 0.3) is 0 Å². The molecule has 0 aliphatic carbocycles. The fourth-order valence-corrected chi connectivity index (χ4v) is 3.19. The first-order valence-electron chi connectivity index (χ1n) is 7.18. The van der Waals surface area contributed by atoms with E-state index in [-0.39, 0.29) is 6.54 Å². The molecule has 0 fully saturated rings. The summed E-state index contributed by atoms with van der Waals surface area (Å²) >= 11 is 7.47. The fourth-order valence-electron chi connectivity index (χ4n) is 2.28. The molecular formula is C17H15ClN2O3S. The Morgan fingerprint density at radius 3 is 2.75 bits per heavy atom. The summed E-state index contributed by atoms with van der Waals surface area (Å²) < 4.78 is 5.35. The molecule has 2 heterocycles. The number of hydrogen-bond acceptors (Lipinski definition) is 4. The van der Waals surface area contributed by atoms with E-state index >= 15 is 0 Å². The predicted molar refractivity (Wildman–Crippen MR) is 94.5 cm³/mol. The lowest BCUT2D eigenvalue weighted by Crippen LogP contribution is -2.42. The summed E-state index contributed by atoms with van der Waals surface area (Å²) in [5, 5.41) is 20.5. The van der Waals surface area contributed by atoms with Gasteiger partial charge in [-0.2, -0.15) is 11.3 Å². The van der Waals surface area contributed by atoms with Crippen LogP contribution in [0, 0.1) is 0 Å². The molecule has 7 heteroatoms. The van der Waals surface area contributed by atoms with E-state index in [4.69, 9.17) is 16.0 Å². The van der Waals surface area contributed by atoms with Crippen LogP contribution in [-0.2, 0) is 5.60 Å². The van der Waals surface area contributed by atoms with Crippen LogP contribution >= 0.6 is 22.9 Å². The maximum atomic E-state index is 12.1. The van der Waals surface area contributed by atoms with Crippen molar-refractivity contribution in [2.45, 2.75) is 5.60 Å². The molecule has 1 atom stereocenters. The van der Waals surface area contributed by atoms with Crippen LogP contribution in [0.25, 0.3) is 0 Å². The summed E-state index contributed by atoms with van der Waals surface area (Å²) in [4.78, 5) is 12.1. The number of anilines is 1. The van der Waals surface area contributed by atoms with Crippen LogP contribution in [0.3, 0.4) is 0 Å². The number of thiophene rings is 1. The third-order valence-electron chi connectivity index (χ3n) is 3.55. The van der Waals surface area contributed by atoms with E-state index in [2.05, 4.69) is 10.6 Å². The van der Waals surface area contributed by atoms with Gasteiger partial charge in [0.1, 0.15) is 5.76 Å². The van der Waals surface area contributed by atoms with E-state index in [1.165, 1.54) is 17.6 Å². The zero-order valence-corrected chi connectivity index (χ0v) is 14.1. The minimum absolute atomic E-state index is 0.0481. The van der Waals surface area contributed by atoms with Gasteiger partial charge in [-0.15, -0.1) is 0 Å². The lowest BCUT2D eigenvalue weighted by molar-refractivity contribution is 0.0597. The molecule has 0 aliphatic heterocycles. The van der Waals surface area contributed by atoms with E-state index < -0.39 is 11.6 Å². The van der Waals surface area contributed by atoms with Gasteiger partial charge in [0.15, 0.2) is 5.60 Å². The molecule has 0 saturated carbocycles. The minimum Gasteiger partial charge on any atom is -0.466 e. The van der Waals surface area contributed by atoms with Crippen molar-refractivity contribution in [1.29, 1.82) is 0 Å². The molecule has 1 unspecified atom stereocenters. The molecule has 124 valence electrons. The highest BCUT2D eigenvalue weighted by molar-refractivity contribution is 7.08. The molecule has 0 bridgehead atoms. The number of rotatable bonds is 5. The number of urea groups is 1. The van der Waals surface area contributed by atoms with E-state index in [9.17, 15) is 9.90 Å². The van der Waals surface area contributed by atoms with Crippen LogP contribution in [0.4, 0.5) is 10.5 Å². The number of carbonyl (C=O) groups is 1. The van der Waals surface area contributed by atoms with Crippen LogP contribution in [0.2, 0.25) is 5.02 Å². The second kappa shape index (κ2) is 7.09. The maximum Gasteiger partial charge on any atom is 0.319 e. The highest BCUT2D eigenvalue weighted by Gasteiger charge is 2.35. The van der Waals surface area contributed by atoms with Gasteiger partial charge >= 0.3 is 6.03 Å². The number of aliphatic hydroxyl groups is 1. The van der Waals surface area contributed by atoms with Gasteiger partial charge in [0.05, 0.1) is 23.5 Å². The molecule has 3 aromatic rings. The second-order valence-electron chi connectivity index (χ2n) is 5.14. The summed E-state index contributed by atoms with van der Waals surface area (Å²) in [5.74, 6) is 0.360. The Morgan fingerprint density at radius 1 is 1.25 bits per heavy atom. The monoisotopic (exact) mass is 362 g/mol. The SMILES string of the molecule is O=C(NCC(O)(c1ccsc1)c1ccco1)Nc1ccccc1Cl. The maximum absolute atomic E-state index is 12.1. The van der Waals surface area contributed by atoms with Crippen molar-refractivity contribution >= 4 is 34.7 Å². The average molecular weight is 363 g/mol. The topological polar surface area (TPSA) is 74.5 Å². The Hall–Kier alpha value is -2.28. The third-order valence-corrected chi connectivity index (χ3v) is 4.57. The Bertz CT molecular complexity index is 769. The predicted octanol–water partition coefficient (Wildman–Crippen LogP) is 4.05. The number of amides is 2. The molecular weight excluding hydrogens is 348 g/mol. The van der Waals surface area contributed by atoms with Gasteiger partial charge in [-0.25, -0.2) is 4.79 Å². The lowest BCUT2D eigenvalue weighted by Gasteiger charge is -2.25. The number of carbonyl (C=O) groups excluding carboxylic acids is 1. The van der Waals surface area contributed by atoms with Crippen molar-refractivity contribution in [2.24, 2.45) is 0 Å². The van der Waals surface area contributed by atoms with E-state index in [1.54, 1.807) is 42.5 Å². The number of hydrogen-bond donors (Lipinski definition) is 3. The summed E-state index contributed by atoms with van der Waals surface area (Å²) in [6.45, 7) is -0.0481. The Morgan fingerprint density at radius 2 is 2.08 bits per heavy atom. The second-order valence-corrected chi connectivity index (χ2v) is 6.32. The summed E-state index contributed by atoms with van der Waals surface area (Å²) in [7, 11) is 0. The number of para-hydroxylation sites is 1. The van der Waals surface area contributed by atoms with Crippen molar-refractivity contribution in [2.75, 3.05) is 11.9 Å². The van der Waals surface area contributed by atoms with Crippen molar-refractivity contribution < 1.29 is 14.3 Å². The third kappa shape index (κ3) is 3.46. The fraction of sp³-hybridized carbons (Fsp3) is 0.118. The van der Waals surface area contributed by atoms with Gasteiger partial charge < -0.3 is 20.2 Å². The summed E-state index contributed by atoms with van der Waals surface area (Å²) in [6.07, 6.45) is 1.48. The molecule has 3 rings (SSSR count). The van der Waals surface area contributed by atoms with Crippen molar-refractivity contribution in [3.63, 3.8) is 0 Å². The zero-order valence-electron chi connectivity index (χ0n) is 12.5. The van der Waals surface area contributed by atoms with Gasteiger partial charge in [-0.05, 0) is 41.1 Å². The van der Waals surface area contributed by atoms with Gasteiger partial charge in [-0.3, -0.25) is 0 Å². The van der Waals surface area contributed by atoms with Gasteiger partial charge in [-0.1, -0.05) is 23.7 Å².